The lowest BCUT2D eigenvalue weighted by Gasteiger charge is -2.33. The number of ketones is 1. The number of nitrogens with one attached hydrogen (secondary N) is 1. The third-order valence-electron chi connectivity index (χ3n) is 5.18. The minimum absolute atomic E-state index is 0.171. The van der Waals surface area contributed by atoms with E-state index in [-0.39, 0.29) is 23.1 Å². The third kappa shape index (κ3) is 4.31. The average Bonchev–Trinajstić information content (AvgIpc) is 3.04. The minimum Gasteiger partial charge on any atom is -0.503 e. The molecule has 3 N–H and O–H groups in total. The number of hydrogen-bond acceptors (Lipinski definition) is 6. The maximum Gasteiger partial charge on any atom is 0.290 e. The first-order chi connectivity index (χ1) is 14.9. The van der Waals surface area contributed by atoms with E-state index in [9.17, 15) is 29.1 Å². The summed E-state index contributed by atoms with van der Waals surface area (Å²) in [6.07, 6.45) is 4.18. The van der Waals surface area contributed by atoms with Crippen LogP contribution >= 0.6 is 0 Å². The van der Waals surface area contributed by atoms with Gasteiger partial charge in [-0.1, -0.05) is 31.9 Å². The number of aromatic nitrogens is 1. The summed E-state index contributed by atoms with van der Waals surface area (Å²) in [5.74, 6) is -3.89. The fourth-order valence-corrected chi connectivity index (χ4v) is 3.71. The Morgan fingerprint density at radius 1 is 1.26 bits per heavy atom. The Morgan fingerprint density at radius 3 is 2.58 bits per heavy atom. The first-order valence-electron chi connectivity index (χ1n) is 9.80. The van der Waals surface area contributed by atoms with Crippen LogP contribution < -0.4 is 5.48 Å². The van der Waals surface area contributed by atoms with E-state index >= 15 is 0 Å². The fraction of sp³-hybridized carbons (Fsp3) is 0.273. The molecular formula is C22H22FN3O5. The molecule has 1 aromatic carbocycles. The molecule has 1 aromatic heterocycles. The van der Waals surface area contributed by atoms with Gasteiger partial charge in [0.15, 0.2) is 11.5 Å². The largest absolute Gasteiger partial charge is 0.503 e. The molecule has 2 atom stereocenters. The Morgan fingerprint density at radius 2 is 1.97 bits per heavy atom. The van der Waals surface area contributed by atoms with Crippen molar-refractivity contribution in [2.24, 2.45) is 0 Å². The van der Waals surface area contributed by atoms with Crippen LogP contribution in [0.1, 0.15) is 48.1 Å². The number of unbranched alkanes of at least 4 members (excludes halogenated alkanes) is 1. The highest BCUT2D eigenvalue weighted by atomic mass is 19.1. The van der Waals surface area contributed by atoms with Gasteiger partial charge in [-0.2, -0.15) is 0 Å². The number of benzene rings is 1. The van der Waals surface area contributed by atoms with Crippen molar-refractivity contribution >= 4 is 17.6 Å². The molecule has 2 amide bonds. The third-order valence-corrected chi connectivity index (χ3v) is 5.18. The summed E-state index contributed by atoms with van der Waals surface area (Å²) in [5, 5.41) is 19.9. The zero-order valence-electron chi connectivity index (χ0n) is 16.8. The second-order valence-corrected chi connectivity index (χ2v) is 7.13. The maximum atomic E-state index is 14.0. The number of hydroxylamine groups is 1. The molecule has 8 nitrogen and oxygen atoms in total. The van der Waals surface area contributed by atoms with Crippen molar-refractivity contribution in [1.29, 1.82) is 0 Å². The van der Waals surface area contributed by atoms with E-state index in [1.54, 1.807) is 5.48 Å². The standard InChI is InChI=1S/C22H22FN3O5/c1-2-3-7-16(21(29)25-31)26-18(14-5-4-6-15(23)12-14)17(20(28)22(26)30)19(27)13-8-10-24-11-9-13/h4-6,8-12,16,18,28,31H,2-3,7H2,1H3,(H,25,29). The van der Waals surface area contributed by atoms with Crippen molar-refractivity contribution in [3.63, 3.8) is 0 Å². The van der Waals surface area contributed by atoms with Crippen LogP contribution in [-0.4, -0.2) is 43.8 Å². The van der Waals surface area contributed by atoms with E-state index in [1.807, 2.05) is 6.92 Å². The molecule has 1 aliphatic rings. The van der Waals surface area contributed by atoms with Crippen molar-refractivity contribution < 1.29 is 29.1 Å². The second-order valence-electron chi connectivity index (χ2n) is 7.13. The Balaban J connectivity index is 2.16. The summed E-state index contributed by atoms with van der Waals surface area (Å²) >= 11 is 0. The number of pyridine rings is 1. The summed E-state index contributed by atoms with van der Waals surface area (Å²) in [5.41, 5.74) is 1.66. The predicted octanol–water partition coefficient (Wildman–Crippen LogP) is 2.86. The highest BCUT2D eigenvalue weighted by Crippen LogP contribution is 2.41. The number of halogens is 1. The molecule has 0 fully saturated rings. The lowest BCUT2D eigenvalue weighted by atomic mass is 9.92. The number of amides is 2. The molecule has 0 radical (unpaired) electrons. The normalized spacial score (nSPS) is 17.1. The van der Waals surface area contributed by atoms with Gasteiger partial charge in [-0.3, -0.25) is 24.6 Å². The van der Waals surface area contributed by atoms with E-state index in [0.717, 1.165) is 11.0 Å². The van der Waals surface area contributed by atoms with Gasteiger partial charge < -0.3 is 10.0 Å². The van der Waals surface area contributed by atoms with Gasteiger partial charge in [0, 0.05) is 18.0 Å². The number of carbonyl (C=O) groups excluding carboxylic acids is 3. The van der Waals surface area contributed by atoms with Gasteiger partial charge >= 0.3 is 0 Å². The van der Waals surface area contributed by atoms with Gasteiger partial charge in [-0.15, -0.1) is 0 Å². The highest BCUT2D eigenvalue weighted by molar-refractivity contribution is 6.16. The van der Waals surface area contributed by atoms with Crippen molar-refractivity contribution in [2.75, 3.05) is 0 Å². The van der Waals surface area contributed by atoms with Crippen LogP contribution in [0.5, 0.6) is 0 Å². The van der Waals surface area contributed by atoms with Gasteiger partial charge in [-0.25, -0.2) is 9.87 Å². The van der Waals surface area contributed by atoms with Crippen molar-refractivity contribution in [2.45, 2.75) is 38.3 Å². The Bertz CT molecular complexity index is 1020. The van der Waals surface area contributed by atoms with Gasteiger partial charge in [0.1, 0.15) is 11.9 Å². The van der Waals surface area contributed by atoms with Gasteiger partial charge in [0.05, 0.1) is 11.6 Å². The van der Waals surface area contributed by atoms with E-state index in [2.05, 4.69) is 4.98 Å². The summed E-state index contributed by atoms with van der Waals surface area (Å²) in [7, 11) is 0. The smallest absolute Gasteiger partial charge is 0.290 e. The lowest BCUT2D eigenvalue weighted by Crippen LogP contribution is -2.49. The van der Waals surface area contributed by atoms with E-state index in [0.29, 0.717) is 12.8 Å². The number of rotatable bonds is 8. The number of aliphatic hydroxyl groups excluding tert-OH is 1. The number of aliphatic hydroxyl groups is 1. The topological polar surface area (TPSA) is 120 Å². The Labute approximate surface area is 178 Å². The fourth-order valence-electron chi connectivity index (χ4n) is 3.71. The monoisotopic (exact) mass is 427 g/mol. The van der Waals surface area contributed by atoms with Crippen molar-refractivity contribution in [3.8, 4) is 0 Å². The van der Waals surface area contributed by atoms with Crippen LogP contribution in [-0.2, 0) is 9.59 Å². The van der Waals surface area contributed by atoms with Gasteiger partial charge in [0.25, 0.3) is 11.8 Å². The summed E-state index contributed by atoms with van der Waals surface area (Å²) in [6.45, 7) is 1.89. The molecule has 0 spiro atoms. The highest BCUT2D eigenvalue weighted by Gasteiger charge is 2.48. The van der Waals surface area contributed by atoms with Gasteiger partial charge in [0.2, 0.25) is 0 Å². The summed E-state index contributed by atoms with van der Waals surface area (Å²) < 4.78 is 14.0. The van der Waals surface area contributed by atoms with Crippen LogP contribution in [0.15, 0.2) is 60.1 Å². The molecule has 2 unspecified atom stereocenters. The molecule has 2 heterocycles. The Hall–Kier alpha value is -3.59. The molecule has 0 aliphatic carbocycles. The second kappa shape index (κ2) is 9.48. The number of hydrogen-bond donors (Lipinski definition) is 3. The molecule has 3 rings (SSSR count). The van der Waals surface area contributed by atoms with E-state index in [4.69, 9.17) is 0 Å². The number of Topliss-reactive ketones (excluding diaryl/α,β-unsaturated/α-hetero) is 1. The SMILES string of the molecule is CCCCC(C(=O)NO)N1C(=O)C(O)=C(C(=O)c2ccncc2)C1c1cccc(F)c1. The zero-order valence-corrected chi connectivity index (χ0v) is 16.8. The first-order valence-corrected chi connectivity index (χ1v) is 9.80. The van der Waals surface area contributed by atoms with Crippen LogP contribution in [0.4, 0.5) is 4.39 Å². The molecule has 31 heavy (non-hydrogen) atoms. The van der Waals surface area contributed by atoms with Crippen LogP contribution in [0.3, 0.4) is 0 Å². The quantitative estimate of drug-likeness (QED) is 0.339. The average molecular weight is 427 g/mol. The van der Waals surface area contributed by atoms with Crippen LogP contribution in [0.2, 0.25) is 0 Å². The van der Waals surface area contributed by atoms with Crippen LogP contribution in [0.25, 0.3) is 0 Å². The maximum absolute atomic E-state index is 14.0. The summed E-state index contributed by atoms with van der Waals surface area (Å²) in [6, 6.07) is 5.69. The zero-order chi connectivity index (χ0) is 22.5. The summed E-state index contributed by atoms with van der Waals surface area (Å²) in [4.78, 5) is 43.6. The predicted molar refractivity (Wildman–Crippen MR) is 107 cm³/mol. The van der Waals surface area contributed by atoms with E-state index < -0.39 is 41.3 Å². The molecular weight excluding hydrogens is 405 g/mol. The van der Waals surface area contributed by atoms with Crippen molar-refractivity contribution in [3.05, 3.63) is 77.1 Å². The molecule has 1 aliphatic heterocycles. The molecule has 162 valence electrons. The number of carbonyl (C=O) groups is 3. The number of nitrogens with zero attached hydrogens (tertiary/aromatic N) is 2. The lowest BCUT2D eigenvalue weighted by molar-refractivity contribution is -0.144. The molecule has 0 saturated heterocycles. The van der Waals surface area contributed by atoms with E-state index in [1.165, 1.54) is 42.7 Å². The van der Waals surface area contributed by atoms with Gasteiger partial charge in [-0.05, 0) is 36.2 Å². The molecule has 9 heteroatoms. The molecule has 0 saturated carbocycles. The minimum atomic E-state index is -1.22. The Kier molecular flexibility index (Phi) is 6.76. The van der Waals surface area contributed by atoms with Crippen molar-refractivity contribution in [1.82, 2.24) is 15.4 Å². The molecule has 2 aromatic rings. The molecule has 0 bridgehead atoms. The van der Waals surface area contributed by atoms with Crippen LogP contribution in [0, 0.1) is 5.82 Å². The first kappa shape index (κ1) is 22.1.